The van der Waals surface area contributed by atoms with E-state index in [-0.39, 0.29) is 30.7 Å². The number of hydrogen-bond acceptors (Lipinski definition) is 3. The molecule has 3 rings (SSSR count). The lowest BCUT2D eigenvalue weighted by Gasteiger charge is -2.30. The van der Waals surface area contributed by atoms with Crippen LogP contribution in [0.2, 0.25) is 0 Å². The highest BCUT2D eigenvalue weighted by molar-refractivity contribution is 5.95. The Morgan fingerprint density at radius 3 is 2.21 bits per heavy atom. The molecule has 1 heterocycles. The van der Waals surface area contributed by atoms with Crippen LogP contribution in [0.5, 0.6) is 0 Å². The first-order valence-electron chi connectivity index (χ1n) is 9.45. The zero-order valence-corrected chi connectivity index (χ0v) is 18.2. The number of nitrogens with one attached hydrogen (secondary N) is 1. The predicted octanol–water partition coefficient (Wildman–Crippen LogP) is 4.71. The molecule has 0 aliphatic carbocycles. The average molecular weight is 424 g/mol. The fourth-order valence-electron chi connectivity index (χ4n) is 3.32. The monoisotopic (exact) mass is 423 g/mol. The normalized spacial score (nSPS) is 15.8. The smallest absolute Gasteiger partial charge is 0.245 e. The van der Waals surface area contributed by atoms with Crippen molar-refractivity contribution in [1.82, 2.24) is 4.90 Å². The molecule has 1 amide bonds. The van der Waals surface area contributed by atoms with Crippen LogP contribution in [0.1, 0.15) is 42.5 Å². The first kappa shape index (κ1) is 24.4. The van der Waals surface area contributed by atoms with Crippen molar-refractivity contribution in [1.29, 1.82) is 0 Å². The van der Waals surface area contributed by atoms with E-state index in [1.165, 1.54) is 31.5 Å². The number of amides is 1. The molecule has 2 aromatic rings. The molecule has 4 nitrogen and oxygen atoms in total. The van der Waals surface area contributed by atoms with Gasteiger partial charge in [-0.3, -0.25) is 9.69 Å². The van der Waals surface area contributed by atoms with Crippen molar-refractivity contribution in [3.8, 4) is 0 Å². The van der Waals surface area contributed by atoms with E-state index in [0.717, 1.165) is 29.3 Å². The first-order valence-corrected chi connectivity index (χ1v) is 9.45. The van der Waals surface area contributed by atoms with Crippen molar-refractivity contribution >= 4 is 36.4 Å². The lowest BCUT2D eigenvalue weighted by molar-refractivity contribution is -0.117. The number of carbonyl (C=O) groups is 1. The van der Waals surface area contributed by atoms with Gasteiger partial charge in [0, 0.05) is 12.2 Å². The van der Waals surface area contributed by atoms with Crippen LogP contribution < -0.4 is 11.1 Å². The highest BCUT2D eigenvalue weighted by Crippen LogP contribution is 2.20. The second-order valence-electron chi connectivity index (χ2n) is 7.53. The minimum Gasteiger partial charge on any atom is -0.324 e. The molecular weight excluding hydrogens is 393 g/mol. The van der Waals surface area contributed by atoms with Gasteiger partial charge in [-0.1, -0.05) is 48.9 Å². The summed E-state index contributed by atoms with van der Waals surface area (Å²) < 4.78 is 0. The van der Waals surface area contributed by atoms with Gasteiger partial charge in [0.25, 0.3) is 0 Å². The van der Waals surface area contributed by atoms with Gasteiger partial charge in [0.05, 0.1) is 0 Å². The predicted molar refractivity (Wildman–Crippen MR) is 121 cm³/mol. The number of likely N-dealkylation sites (tertiary alicyclic amines) is 1. The maximum atomic E-state index is 12.4. The van der Waals surface area contributed by atoms with Gasteiger partial charge in [-0.15, -0.1) is 24.8 Å². The molecule has 1 aliphatic rings. The number of hydrogen-bond donors (Lipinski definition) is 2. The molecule has 0 bridgehead atoms. The molecule has 28 heavy (non-hydrogen) atoms. The number of benzene rings is 2. The number of carbonyl (C=O) groups excluding carboxylic acids is 1. The number of piperidine rings is 1. The van der Waals surface area contributed by atoms with Crippen LogP contribution in [-0.4, -0.2) is 23.9 Å². The van der Waals surface area contributed by atoms with Gasteiger partial charge >= 0.3 is 0 Å². The van der Waals surface area contributed by atoms with Crippen LogP contribution in [0.4, 0.5) is 5.69 Å². The summed E-state index contributed by atoms with van der Waals surface area (Å²) in [6.45, 7) is 7.66. The van der Waals surface area contributed by atoms with Crippen molar-refractivity contribution < 1.29 is 4.79 Å². The first-order chi connectivity index (χ1) is 12.5. The topological polar surface area (TPSA) is 58.4 Å². The third kappa shape index (κ3) is 6.78. The van der Waals surface area contributed by atoms with Crippen molar-refractivity contribution in [3.63, 3.8) is 0 Å². The van der Waals surface area contributed by atoms with Crippen molar-refractivity contribution in [2.24, 2.45) is 11.7 Å². The Bertz CT molecular complexity index is 726. The molecule has 3 N–H and O–H groups in total. The third-order valence-electron chi connectivity index (χ3n) is 5.22. The summed E-state index contributed by atoms with van der Waals surface area (Å²) in [7, 11) is 0. The molecule has 1 atom stereocenters. The van der Waals surface area contributed by atoms with E-state index >= 15 is 0 Å². The fourth-order valence-corrected chi connectivity index (χ4v) is 3.32. The molecule has 0 spiro atoms. The zero-order chi connectivity index (χ0) is 18.5. The van der Waals surface area contributed by atoms with Gasteiger partial charge in [-0.05, 0) is 62.0 Å². The van der Waals surface area contributed by atoms with Gasteiger partial charge in [0.2, 0.25) is 5.91 Å². The Kier molecular flexibility index (Phi) is 9.97. The molecule has 0 saturated carbocycles. The molecular formula is C22H31Cl2N3O. The highest BCUT2D eigenvalue weighted by atomic mass is 35.5. The number of anilines is 1. The van der Waals surface area contributed by atoms with Gasteiger partial charge in [-0.2, -0.15) is 0 Å². The van der Waals surface area contributed by atoms with Crippen LogP contribution in [-0.2, 0) is 11.3 Å². The summed E-state index contributed by atoms with van der Waals surface area (Å²) in [6, 6.07) is 15.2. The minimum absolute atomic E-state index is 0. The summed E-state index contributed by atoms with van der Waals surface area (Å²) in [5.74, 6) is 0.660. The van der Waals surface area contributed by atoms with Crippen molar-refractivity contribution in [2.75, 3.05) is 18.4 Å². The summed E-state index contributed by atoms with van der Waals surface area (Å²) in [5, 5.41) is 2.91. The van der Waals surface area contributed by atoms with Crippen molar-refractivity contribution in [2.45, 2.75) is 39.3 Å². The number of rotatable bonds is 5. The summed E-state index contributed by atoms with van der Waals surface area (Å²) in [4.78, 5) is 14.9. The van der Waals surface area contributed by atoms with E-state index in [0.29, 0.717) is 0 Å². The number of halogens is 2. The summed E-state index contributed by atoms with van der Waals surface area (Å²) in [6.07, 6.45) is 2.57. The van der Waals surface area contributed by atoms with Gasteiger partial charge in [0.1, 0.15) is 6.04 Å². The Hall–Kier alpha value is -1.59. The second-order valence-corrected chi connectivity index (χ2v) is 7.53. The van der Waals surface area contributed by atoms with Crippen molar-refractivity contribution in [3.05, 3.63) is 65.2 Å². The Morgan fingerprint density at radius 1 is 1.07 bits per heavy atom. The van der Waals surface area contributed by atoms with Crippen LogP contribution >= 0.6 is 24.8 Å². The SMILES string of the molecule is Cc1ccc(C(N)C(=O)Nc2ccc(CN3CCC(C)CC3)cc2)cc1.Cl.Cl. The molecule has 1 saturated heterocycles. The van der Waals surface area contributed by atoms with E-state index in [2.05, 4.69) is 29.3 Å². The fraction of sp³-hybridized carbons (Fsp3) is 0.409. The summed E-state index contributed by atoms with van der Waals surface area (Å²) in [5.41, 5.74) is 10.1. The Morgan fingerprint density at radius 2 is 1.64 bits per heavy atom. The lowest BCUT2D eigenvalue weighted by Crippen LogP contribution is -2.32. The number of aryl methyl sites for hydroxylation is 1. The molecule has 0 radical (unpaired) electrons. The van der Waals surface area contributed by atoms with E-state index in [1.54, 1.807) is 0 Å². The van der Waals surface area contributed by atoms with Crippen LogP contribution in [0, 0.1) is 12.8 Å². The Balaban J connectivity index is 0.00000196. The summed E-state index contributed by atoms with van der Waals surface area (Å²) >= 11 is 0. The molecule has 0 aromatic heterocycles. The van der Waals surface area contributed by atoms with E-state index in [1.807, 2.05) is 43.3 Å². The molecule has 1 unspecified atom stereocenters. The third-order valence-corrected chi connectivity index (χ3v) is 5.22. The molecule has 1 fully saturated rings. The standard InChI is InChI=1S/C22H29N3O.2ClH/c1-16-3-7-19(8-4-16)21(23)22(26)24-20-9-5-18(6-10-20)15-25-13-11-17(2)12-14-25;;/h3-10,17,21H,11-15,23H2,1-2H3,(H,24,26);2*1H. The van der Waals surface area contributed by atoms with E-state index in [9.17, 15) is 4.79 Å². The van der Waals surface area contributed by atoms with Gasteiger partial charge in [0.15, 0.2) is 0 Å². The Labute approximate surface area is 180 Å². The highest BCUT2D eigenvalue weighted by Gasteiger charge is 2.17. The lowest BCUT2D eigenvalue weighted by atomic mass is 9.99. The van der Waals surface area contributed by atoms with E-state index in [4.69, 9.17) is 5.73 Å². The largest absolute Gasteiger partial charge is 0.324 e. The number of nitrogens with zero attached hydrogens (tertiary/aromatic N) is 1. The van der Waals surface area contributed by atoms with Crippen LogP contribution in [0.3, 0.4) is 0 Å². The van der Waals surface area contributed by atoms with Crippen LogP contribution in [0.25, 0.3) is 0 Å². The number of nitrogens with two attached hydrogens (primary N) is 1. The zero-order valence-electron chi connectivity index (χ0n) is 16.6. The molecule has 1 aliphatic heterocycles. The van der Waals surface area contributed by atoms with Crippen LogP contribution in [0.15, 0.2) is 48.5 Å². The maximum absolute atomic E-state index is 12.4. The molecule has 6 heteroatoms. The van der Waals surface area contributed by atoms with Gasteiger partial charge < -0.3 is 11.1 Å². The minimum atomic E-state index is -0.661. The quantitative estimate of drug-likeness (QED) is 0.731. The molecule has 2 aromatic carbocycles. The molecule has 154 valence electrons. The second kappa shape index (κ2) is 11.4. The maximum Gasteiger partial charge on any atom is 0.245 e. The average Bonchev–Trinajstić information content (AvgIpc) is 2.65. The van der Waals surface area contributed by atoms with Gasteiger partial charge in [-0.25, -0.2) is 0 Å². The van der Waals surface area contributed by atoms with E-state index < -0.39 is 6.04 Å².